The maximum Gasteiger partial charge on any atom is 0.242 e. The van der Waals surface area contributed by atoms with Gasteiger partial charge in [-0.3, -0.25) is 13.9 Å². The molecule has 0 aromatic heterocycles. The van der Waals surface area contributed by atoms with E-state index in [1.54, 1.807) is 17.9 Å². The summed E-state index contributed by atoms with van der Waals surface area (Å²) in [5.74, 6) is -0.375. The van der Waals surface area contributed by atoms with E-state index in [1.807, 2.05) is 64.1 Å². The minimum Gasteiger partial charge on any atom is -0.354 e. The Hall–Kier alpha value is -2.87. The number of benzene rings is 2. The average Bonchev–Trinajstić information content (AvgIpc) is 2.79. The molecule has 2 aromatic carbocycles. The number of hydrogen-bond donors (Lipinski definition) is 1. The van der Waals surface area contributed by atoms with Crippen LogP contribution in [-0.4, -0.2) is 50.5 Å². The van der Waals surface area contributed by atoms with Crippen molar-refractivity contribution < 1.29 is 18.0 Å². The number of nitrogens with zero attached hydrogens (tertiary/aromatic N) is 2. The van der Waals surface area contributed by atoms with Crippen molar-refractivity contribution in [2.45, 2.75) is 66.5 Å². The van der Waals surface area contributed by atoms with Gasteiger partial charge in [0.25, 0.3) is 0 Å². The summed E-state index contributed by atoms with van der Waals surface area (Å²) in [6, 6.07) is 12.8. The molecule has 2 aromatic rings. The molecule has 0 aliphatic carbocycles. The lowest BCUT2D eigenvalue weighted by Crippen LogP contribution is -2.47. The Morgan fingerprint density at radius 1 is 1.03 bits per heavy atom. The summed E-state index contributed by atoms with van der Waals surface area (Å²) in [5, 5.41) is 2.87. The number of sulfonamides is 1. The summed E-state index contributed by atoms with van der Waals surface area (Å²) in [5.41, 5.74) is 4.70. The second kappa shape index (κ2) is 12.7. The first-order valence-electron chi connectivity index (χ1n) is 12.1. The highest BCUT2D eigenvalue weighted by Gasteiger charge is 2.26. The molecule has 2 amide bonds. The van der Waals surface area contributed by atoms with Crippen LogP contribution in [0.2, 0.25) is 0 Å². The second-order valence-corrected chi connectivity index (χ2v) is 11.1. The summed E-state index contributed by atoms with van der Waals surface area (Å²) < 4.78 is 26.3. The van der Waals surface area contributed by atoms with Crippen molar-refractivity contribution in [3.05, 3.63) is 64.7 Å². The molecule has 8 heteroatoms. The normalized spacial score (nSPS) is 12.2. The van der Waals surface area contributed by atoms with Crippen LogP contribution in [0.3, 0.4) is 0 Å². The van der Waals surface area contributed by atoms with E-state index in [9.17, 15) is 18.0 Å². The zero-order chi connectivity index (χ0) is 26.2. The van der Waals surface area contributed by atoms with E-state index in [-0.39, 0.29) is 24.8 Å². The van der Waals surface area contributed by atoms with Gasteiger partial charge in [0.05, 0.1) is 11.9 Å². The predicted molar refractivity (Wildman–Crippen MR) is 142 cm³/mol. The monoisotopic (exact) mass is 501 g/mol. The molecule has 0 saturated heterocycles. The zero-order valence-electron chi connectivity index (χ0n) is 21.8. The maximum atomic E-state index is 13.3. The number of anilines is 1. The summed E-state index contributed by atoms with van der Waals surface area (Å²) in [7, 11) is -3.51. The van der Waals surface area contributed by atoms with E-state index >= 15 is 0 Å². The minimum atomic E-state index is -3.51. The zero-order valence-corrected chi connectivity index (χ0v) is 22.6. The summed E-state index contributed by atoms with van der Waals surface area (Å²) >= 11 is 0. The van der Waals surface area contributed by atoms with E-state index in [1.165, 1.54) is 10.6 Å². The number of amides is 2. The van der Waals surface area contributed by atoms with Crippen molar-refractivity contribution >= 4 is 27.5 Å². The fraction of sp³-hybridized carbons (Fsp3) is 0.481. The van der Waals surface area contributed by atoms with Gasteiger partial charge in [-0.25, -0.2) is 8.42 Å². The topological polar surface area (TPSA) is 86.8 Å². The molecule has 1 atom stereocenters. The largest absolute Gasteiger partial charge is 0.354 e. The lowest BCUT2D eigenvalue weighted by Gasteiger charge is -2.29. The van der Waals surface area contributed by atoms with E-state index in [0.717, 1.165) is 28.7 Å². The molecular weight excluding hydrogens is 462 g/mol. The third-order valence-electron chi connectivity index (χ3n) is 6.08. The molecule has 35 heavy (non-hydrogen) atoms. The second-order valence-electron chi connectivity index (χ2n) is 9.18. The number of carbonyl (C=O) groups is 2. The molecule has 7 nitrogen and oxygen atoms in total. The number of carbonyl (C=O) groups excluding carboxylic acids is 2. The fourth-order valence-electron chi connectivity index (χ4n) is 3.87. The Kier molecular flexibility index (Phi) is 10.3. The number of rotatable bonds is 12. The molecule has 0 unspecified atom stereocenters. The Morgan fingerprint density at radius 3 is 2.34 bits per heavy atom. The molecule has 0 aliphatic rings. The Bertz CT molecular complexity index is 1130. The smallest absolute Gasteiger partial charge is 0.242 e. The molecule has 1 N–H and O–H groups in total. The van der Waals surface area contributed by atoms with E-state index in [0.29, 0.717) is 25.2 Å². The summed E-state index contributed by atoms with van der Waals surface area (Å²) in [6.45, 7) is 10.7. The first-order valence-corrected chi connectivity index (χ1v) is 14.0. The Labute approximate surface area is 210 Å². The molecule has 0 spiro atoms. The van der Waals surface area contributed by atoms with Crippen LogP contribution >= 0.6 is 0 Å². The van der Waals surface area contributed by atoms with Crippen molar-refractivity contribution in [2.24, 2.45) is 0 Å². The van der Waals surface area contributed by atoms with Crippen LogP contribution in [0.5, 0.6) is 0 Å². The quantitative estimate of drug-likeness (QED) is 0.474. The van der Waals surface area contributed by atoms with Gasteiger partial charge < -0.3 is 10.2 Å². The molecule has 0 radical (unpaired) electrons. The standard InChI is InChI=1S/C27H39N3O4S/c1-7-15-28-27(32)23(5)29(19-24-11-8-10-20(2)17-24)26(31)12-9-16-30(35(6,33)34)25-14-13-21(3)22(4)18-25/h8,10-11,13-14,17-18,23H,7,9,12,15-16,19H2,1-6H3,(H,28,32)/t23-/m1/s1. The van der Waals surface area contributed by atoms with Gasteiger partial charge in [-0.2, -0.15) is 0 Å². The highest BCUT2D eigenvalue weighted by molar-refractivity contribution is 7.92. The van der Waals surface area contributed by atoms with Gasteiger partial charge in [-0.05, 0) is 69.4 Å². The van der Waals surface area contributed by atoms with Crippen LogP contribution in [0, 0.1) is 20.8 Å². The Balaban J connectivity index is 2.17. The molecule has 0 bridgehead atoms. The number of aryl methyl sites for hydroxylation is 3. The van der Waals surface area contributed by atoms with Gasteiger partial charge in [0.2, 0.25) is 21.8 Å². The molecule has 0 saturated carbocycles. The first-order chi connectivity index (χ1) is 16.4. The van der Waals surface area contributed by atoms with E-state index < -0.39 is 16.1 Å². The summed E-state index contributed by atoms with van der Waals surface area (Å²) in [6.07, 6.45) is 2.46. The van der Waals surface area contributed by atoms with Crippen LogP contribution < -0.4 is 9.62 Å². The number of nitrogens with one attached hydrogen (secondary N) is 1. The van der Waals surface area contributed by atoms with Crippen molar-refractivity contribution in [3.63, 3.8) is 0 Å². The van der Waals surface area contributed by atoms with Gasteiger partial charge >= 0.3 is 0 Å². The SMILES string of the molecule is CCCNC(=O)[C@@H](C)N(Cc1cccc(C)c1)C(=O)CCCN(c1ccc(C)c(C)c1)S(C)(=O)=O. The molecular formula is C27H39N3O4S. The summed E-state index contributed by atoms with van der Waals surface area (Å²) in [4.78, 5) is 27.6. The van der Waals surface area contributed by atoms with Crippen molar-refractivity contribution in [3.8, 4) is 0 Å². The third-order valence-corrected chi connectivity index (χ3v) is 7.28. The average molecular weight is 502 g/mol. The van der Waals surface area contributed by atoms with Gasteiger partial charge in [0, 0.05) is 26.1 Å². The minimum absolute atomic E-state index is 0.133. The maximum absolute atomic E-state index is 13.3. The molecule has 0 aliphatic heterocycles. The highest BCUT2D eigenvalue weighted by Crippen LogP contribution is 2.22. The van der Waals surface area contributed by atoms with Crippen LogP contribution in [0.25, 0.3) is 0 Å². The first kappa shape index (κ1) is 28.4. The van der Waals surface area contributed by atoms with E-state index in [2.05, 4.69) is 5.32 Å². The fourth-order valence-corrected chi connectivity index (χ4v) is 4.83. The molecule has 192 valence electrons. The van der Waals surface area contributed by atoms with Crippen LogP contribution in [-0.2, 0) is 26.2 Å². The lowest BCUT2D eigenvalue weighted by molar-refractivity contribution is -0.140. The number of hydrogen-bond acceptors (Lipinski definition) is 4. The van der Waals surface area contributed by atoms with E-state index in [4.69, 9.17) is 0 Å². The third kappa shape index (κ3) is 8.38. The molecule has 0 heterocycles. The van der Waals surface area contributed by atoms with Crippen molar-refractivity contribution in [1.82, 2.24) is 10.2 Å². The molecule has 2 rings (SSSR count). The Morgan fingerprint density at radius 2 is 1.74 bits per heavy atom. The predicted octanol–water partition coefficient (Wildman–Crippen LogP) is 4.10. The van der Waals surface area contributed by atoms with Crippen LogP contribution in [0.1, 0.15) is 55.4 Å². The van der Waals surface area contributed by atoms with Gasteiger partial charge in [0.1, 0.15) is 6.04 Å². The highest BCUT2D eigenvalue weighted by atomic mass is 32.2. The van der Waals surface area contributed by atoms with Crippen LogP contribution in [0.15, 0.2) is 42.5 Å². The van der Waals surface area contributed by atoms with Crippen molar-refractivity contribution in [1.29, 1.82) is 0 Å². The van der Waals surface area contributed by atoms with Crippen LogP contribution in [0.4, 0.5) is 5.69 Å². The van der Waals surface area contributed by atoms with Gasteiger partial charge in [-0.15, -0.1) is 0 Å². The van der Waals surface area contributed by atoms with Crippen molar-refractivity contribution in [2.75, 3.05) is 23.7 Å². The molecule has 0 fully saturated rings. The lowest BCUT2D eigenvalue weighted by atomic mass is 10.1. The van der Waals surface area contributed by atoms with Gasteiger partial charge in [0.15, 0.2) is 0 Å². The van der Waals surface area contributed by atoms with Gasteiger partial charge in [-0.1, -0.05) is 42.8 Å².